The van der Waals surface area contributed by atoms with Crippen molar-refractivity contribution in [1.82, 2.24) is 4.90 Å². The van der Waals surface area contributed by atoms with Crippen molar-refractivity contribution in [2.24, 2.45) is 0 Å². The highest BCUT2D eigenvalue weighted by Crippen LogP contribution is 2.14. The van der Waals surface area contributed by atoms with E-state index >= 15 is 0 Å². The van der Waals surface area contributed by atoms with E-state index in [0.29, 0.717) is 26.1 Å². The number of hydrogen-bond acceptors (Lipinski definition) is 3. The minimum Gasteiger partial charge on any atom is -0.465 e. The van der Waals surface area contributed by atoms with Gasteiger partial charge in [-0.3, -0.25) is 0 Å². The molecule has 2 atom stereocenters. The van der Waals surface area contributed by atoms with Crippen LogP contribution in [-0.4, -0.2) is 53.1 Å². The monoisotopic (exact) mass is 189 g/mol. The number of amides is 1. The highest BCUT2D eigenvalue weighted by Gasteiger charge is 2.26. The Morgan fingerprint density at radius 1 is 1.69 bits per heavy atom. The minimum atomic E-state index is -0.938. The van der Waals surface area contributed by atoms with Crippen molar-refractivity contribution < 1.29 is 19.7 Å². The molecule has 1 heterocycles. The zero-order valence-electron chi connectivity index (χ0n) is 7.64. The van der Waals surface area contributed by atoms with E-state index in [1.54, 1.807) is 6.92 Å². The fraction of sp³-hybridized carbons (Fsp3) is 0.875. The molecular formula is C8H15NO4. The molecule has 1 aliphatic rings. The Hall–Kier alpha value is -0.810. The predicted octanol–water partition coefficient (Wildman–Crippen LogP) is 0.136. The lowest BCUT2D eigenvalue weighted by atomic mass is 10.2. The number of rotatable bonds is 3. The number of hydrogen-bond donors (Lipinski definition) is 2. The Balaban J connectivity index is 2.34. The molecule has 0 aromatic carbocycles. The average molecular weight is 189 g/mol. The molecule has 0 saturated carbocycles. The molecule has 1 fully saturated rings. The van der Waals surface area contributed by atoms with Crippen LogP contribution in [0, 0.1) is 0 Å². The molecule has 0 radical (unpaired) electrons. The number of carbonyl (C=O) groups is 1. The smallest absolute Gasteiger partial charge is 0.407 e. The van der Waals surface area contributed by atoms with E-state index in [-0.39, 0.29) is 6.10 Å². The molecule has 1 saturated heterocycles. The van der Waals surface area contributed by atoms with Crippen LogP contribution in [-0.2, 0) is 4.74 Å². The quantitative estimate of drug-likeness (QED) is 0.662. The van der Waals surface area contributed by atoms with E-state index in [2.05, 4.69) is 0 Å². The van der Waals surface area contributed by atoms with Crippen LogP contribution in [0.2, 0.25) is 0 Å². The Morgan fingerprint density at radius 3 is 2.77 bits per heavy atom. The van der Waals surface area contributed by atoms with Crippen molar-refractivity contribution in [1.29, 1.82) is 0 Å². The molecule has 1 amide bonds. The lowest BCUT2D eigenvalue weighted by Crippen LogP contribution is -2.36. The largest absolute Gasteiger partial charge is 0.465 e. The van der Waals surface area contributed by atoms with E-state index in [9.17, 15) is 4.79 Å². The van der Waals surface area contributed by atoms with Gasteiger partial charge in [0.25, 0.3) is 0 Å². The molecule has 0 aliphatic carbocycles. The first-order valence-corrected chi connectivity index (χ1v) is 4.41. The lowest BCUT2D eigenvalue weighted by Gasteiger charge is -2.20. The molecule has 13 heavy (non-hydrogen) atoms. The van der Waals surface area contributed by atoms with E-state index in [1.165, 1.54) is 4.90 Å². The molecule has 0 bridgehead atoms. The molecule has 0 spiro atoms. The number of aliphatic hydroxyl groups excluding tert-OH is 1. The SMILES string of the molecule is CCN(C[C@H]1C[C@H](O)CO1)C(=O)O. The Bertz CT molecular complexity index is 185. The van der Waals surface area contributed by atoms with Crippen LogP contribution in [0.3, 0.4) is 0 Å². The first kappa shape index (κ1) is 10.3. The Morgan fingerprint density at radius 2 is 2.38 bits per heavy atom. The zero-order chi connectivity index (χ0) is 9.84. The molecule has 1 rings (SSSR count). The summed E-state index contributed by atoms with van der Waals surface area (Å²) in [5.74, 6) is 0. The maximum atomic E-state index is 10.6. The molecular weight excluding hydrogens is 174 g/mol. The van der Waals surface area contributed by atoms with Gasteiger partial charge < -0.3 is 19.8 Å². The topological polar surface area (TPSA) is 70.0 Å². The van der Waals surface area contributed by atoms with Crippen LogP contribution >= 0.6 is 0 Å². The third-order valence-electron chi connectivity index (χ3n) is 2.14. The van der Waals surface area contributed by atoms with Crippen LogP contribution in [0.4, 0.5) is 4.79 Å². The summed E-state index contributed by atoms with van der Waals surface area (Å²) in [6, 6.07) is 0. The van der Waals surface area contributed by atoms with Crippen LogP contribution < -0.4 is 0 Å². The van der Waals surface area contributed by atoms with Gasteiger partial charge in [0.05, 0.1) is 25.4 Å². The van der Waals surface area contributed by atoms with Crippen LogP contribution in [0.15, 0.2) is 0 Å². The van der Waals surface area contributed by atoms with Crippen molar-refractivity contribution in [3.63, 3.8) is 0 Å². The fourth-order valence-corrected chi connectivity index (χ4v) is 1.40. The van der Waals surface area contributed by atoms with Crippen molar-refractivity contribution in [3.05, 3.63) is 0 Å². The van der Waals surface area contributed by atoms with Crippen molar-refractivity contribution >= 4 is 6.09 Å². The van der Waals surface area contributed by atoms with Crippen LogP contribution in [0.5, 0.6) is 0 Å². The van der Waals surface area contributed by atoms with E-state index in [4.69, 9.17) is 14.9 Å². The average Bonchev–Trinajstić information content (AvgIpc) is 2.46. The highest BCUT2D eigenvalue weighted by atomic mass is 16.5. The molecule has 76 valence electrons. The van der Waals surface area contributed by atoms with E-state index in [1.807, 2.05) is 0 Å². The van der Waals surface area contributed by atoms with Gasteiger partial charge in [0.2, 0.25) is 0 Å². The summed E-state index contributed by atoms with van der Waals surface area (Å²) in [5.41, 5.74) is 0. The van der Waals surface area contributed by atoms with E-state index in [0.717, 1.165) is 0 Å². The van der Waals surface area contributed by atoms with Crippen molar-refractivity contribution in [2.45, 2.75) is 25.6 Å². The second kappa shape index (κ2) is 4.43. The summed E-state index contributed by atoms with van der Waals surface area (Å²) in [4.78, 5) is 11.9. The summed E-state index contributed by atoms with van der Waals surface area (Å²) in [5, 5.41) is 17.8. The van der Waals surface area contributed by atoms with Gasteiger partial charge in [-0.1, -0.05) is 0 Å². The first-order chi connectivity index (χ1) is 6.13. The Kier molecular flexibility index (Phi) is 3.50. The van der Waals surface area contributed by atoms with Gasteiger partial charge in [0, 0.05) is 13.0 Å². The van der Waals surface area contributed by atoms with Gasteiger partial charge in [0.1, 0.15) is 0 Å². The zero-order valence-corrected chi connectivity index (χ0v) is 7.64. The van der Waals surface area contributed by atoms with E-state index < -0.39 is 12.2 Å². The molecule has 0 aromatic heterocycles. The maximum Gasteiger partial charge on any atom is 0.407 e. The Labute approximate surface area is 76.9 Å². The standard InChI is InChI=1S/C8H15NO4/c1-2-9(8(11)12)4-7-3-6(10)5-13-7/h6-7,10H,2-5H2,1H3,(H,11,12)/t6-,7+/m0/s1. The number of nitrogens with zero attached hydrogens (tertiary/aromatic N) is 1. The third-order valence-corrected chi connectivity index (χ3v) is 2.14. The molecule has 2 N–H and O–H groups in total. The molecule has 0 aromatic rings. The van der Waals surface area contributed by atoms with Gasteiger partial charge >= 0.3 is 6.09 Å². The van der Waals surface area contributed by atoms with Crippen LogP contribution in [0.1, 0.15) is 13.3 Å². The highest BCUT2D eigenvalue weighted by molar-refractivity contribution is 5.64. The first-order valence-electron chi connectivity index (χ1n) is 4.41. The predicted molar refractivity (Wildman–Crippen MR) is 45.6 cm³/mol. The summed E-state index contributed by atoms with van der Waals surface area (Å²) >= 11 is 0. The van der Waals surface area contributed by atoms with Crippen LogP contribution in [0.25, 0.3) is 0 Å². The van der Waals surface area contributed by atoms with Gasteiger partial charge in [-0.25, -0.2) is 4.79 Å². The number of ether oxygens (including phenoxy) is 1. The molecule has 1 aliphatic heterocycles. The number of likely N-dealkylation sites (N-methyl/N-ethyl adjacent to an activating group) is 1. The van der Waals surface area contributed by atoms with Crippen molar-refractivity contribution in [2.75, 3.05) is 19.7 Å². The van der Waals surface area contributed by atoms with Gasteiger partial charge in [-0.15, -0.1) is 0 Å². The van der Waals surface area contributed by atoms with Gasteiger partial charge in [0.15, 0.2) is 0 Å². The second-order valence-corrected chi connectivity index (χ2v) is 3.17. The minimum absolute atomic E-state index is 0.147. The molecule has 5 nitrogen and oxygen atoms in total. The summed E-state index contributed by atoms with van der Waals surface area (Å²) in [7, 11) is 0. The van der Waals surface area contributed by atoms with Gasteiger partial charge in [-0.2, -0.15) is 0 Å². The number of aliphatic hydroxyl groups is 1. The number of carboxylic acid groups (broad SMARTS) is 1. The van der Waals surface area contributed by atoms with Crippen molar-refractivity contribution in [3.8, 4) is 0 Å². The van der Waals surface area contributed by atoms with Gasteiger partial charge in [-0.05, 0) is 6.92 Å². The summed E-state index contributed by atoms with van der Waals surface area (Å²) in [6.45, 7) is 2.90. The maximum absolute atomic E-state index is 10.6. The third kappa shape index (κ3) is 2.86. The molecule has 0 unspecified atom stereocenters. The normalized spacial score (nSPS) is 27.5. The summed E-state index contributed by atoms with van der Waals surface area (Å²) in [6.07, 6.45) is -0.986. The second-order valence-electron chi connectivity index (χ2n) is 3.17. The fourth-order valence-electron chi connectivity index (χ4n) is 1.40. The molecule has 5 heteroatoms. The lowest BCUT2D eigenvalue weighted by molar-refractivity contribution is 0.0628. The summed E-state index contributed by atoms with van der Waals surface area (Å²) < 4.78 is 5.19.